The van der Waals surface area contributed by atoms with Crippen LogP contribution in [0.15, 0.2) is 23.3 Å². The van der Waals surface area contributed by atoms with E-state index < -0.39 is 5.41 Å². The Morgan fingerprint density at radius 1 is 1.05 bits per heavy atom. The van der Waals surface area contributed by atoms with Gasteiger partial charge in [0.25, 0.3) is 0 Å². The normalized spacial score (nSPS) is 30.9. The topological polar surface area (TPSA) is 87.0 Å². The molecule has 0 aromatic rings. The second-order valence-corrected chi connectivity index (χ2v) is 16.2. The zero-order chi connectivity index (χ0) is 31.7. The fourth-order valence-corrected chi connectivity index (χ4v) is 8.33. The van der Waals surface area contributed by atoms with Gasteiger partial charge in [-0.15, -0.1) is 0 Å². The smallest absolute Gasteiger partial charge is 0.223 e. The molecule has 2 fully saturated rings. The molecular formula is C37H58N2O3. The molecule has 5 atom stereocenters. The number of carbonyl (C=O) groups is 3. The summed E-state index contributed by atoms with van der Waals surface area (Å²) in [7, 11) is 0. The molecule has 2 saturated carbocycles. The number of fused-ring (bicyclic) bond motifs is 1. The monoisotopic (exact) mass is 578 g/mol. The van der Waals surface area contributed by atoms with Crippen molar-refractivity contribution in [1.82, 2.24) is 5.32 Å². The van der Waals surface area contributed by atoms with Gasteiger partial charge in [-0.1, -0.05) is 79.9 Å². The number of amides is 1. The highest BCUT2D eigenvalue weighted by Gasteiger charge is 2.58. The summed E-state index contributed by atoms with van der Waals surface area (Å²) >= 11 is 0. The van der Waals surface area contributed by atoms with E-state index in [9.17, 15) is 19.6 Å². The number of nitrogens with one attached hydrogen (secondary N) is 1. The highest BCUT2D eigenvalue weighted by Crippen LogP contribution is 2.65. The third-order valence-corrected chi connectivity index (χ3v) is 12.1. The Kier molecular flexibility index (Phi) is 10.1. The molecule has 0 aromatic heterocycles. The average molecular weight is 579 g/mol. The lowest BCUT2D eigenvalue weighted by Crippen LogP contribution is -2.54. The molecule has 1 amide bonds. The Morgan fingerprint density at radius 2 is 1.67 bits per heavy atom. The lowest BCUT2D eigenvalue weighted by atomic mass is 9.44. The molecule has 0 unspecified atom stereocenters. The van der Waals surface area contributed by atoms with E-state index in [4.69, 9.17) is 0 Å². The highest BCUT2D eigenvalue weighted by atomic mass is 16.2. The van der Waals surface area contributed by atoms with Crippen LogP contribution < -0.4 is 5.32 Å². The molecule has 3 aliphatic carbocycles. The first kappa shape index (κ1) is 34.3. The van der Waals surface area contributed by atoms with Crippen LogP contribution in [0.2, 0.25) is 0 Å². The number of hydrogen-bond donors (Lipinski definition) is 1. The van der Waals surface area contributed by atoms with Crippen LogP contribution in [0.4, 0.5) is 0 Å². The van der Waals surface area contributed by atoms with Crippen molar-refractivity contribution in [3.8, 4) is 6.07 Å². The van der Waals surface area contributed by atoms with Crippen molar-refractivity contribution in [2.75, 3.05) is 0 Å². The Balaban J connectivity index is 1.96. The number of Topliss-reactive ketones (excluding diaryl/α,β-unsaturated/α-hetero) is 1. The first-order chi connectivity index (χ1) is 19.3. The van der Waals surface area contributed by atoms with Crippen molar-refractivity contribution in [3.05, 3.63) is 23.3 Å². The predicted octanol–water partition coefficient (Wildman–Crippen LogP) is 8.68. The van der Waals surface area contributed by atoms with E-state index in [-0.39, 0.29) is 62.6 Å². The number of rotatable bonds is 12. The molecule has 1 N–H and O–H groups in total. The van der Waals surface area contributed by atoms with Crippen molar-refractivity contribution in [3.63, 3.8) is 0 Å². The highest BCUT2D eigenvalue weighted by molar-refractivity contribution is 6.02. The van der Waals surface area contributed by atoms with Gasteiger partial charge in [0.2, 0.25) is 5.91 Å². The van der Waals surface area contributed by atoms with Gasteiger partial charge in [0.1, 0.15) is 6.07 Å². The average Bonchev–Trinajstić information content (AvgIpc) is 2.85. The Bertz CT molecular complexity index is 1170. The summed E-state index contributed by atoms with van der Waals surface area (Å²) in [4.78, 5) is 39.0. The zero-order valence-electron chi connectivity index (χ0n) is 28.3. The third kappa shape index (κ3) is 6.79. The van der Waals surface area contributed by atoms with Crippen molar-refractivity contribution < 1.29 is 14.4 Å². The molecule has 234 valence electrons. The minimum atomic E-state index is -0.541. The van der Waals surface area contributed by atoms with Crippen molar-refractivity contribution in [2.45, 2.75) is 145 Å². The molecule has 0 spiro atoms. The van der Waals surface area contributed by atoms with Crippen LogP contribution in [0, 0.1) is 50.7 Å². The fourth-order valence-electron chi connectivity index (χ4n) is 8.33. The first-order valence-electron chi connectivity index (χ1n) is 16.6. The maximum atomic E-state index is 13.3. The van der Waals surface area contributed by atoms with Gasteiger partial charge in [-0.2, -0.15) is 5.26 Å². The fraction of sp³-hybridized carbons (Fsp3) is 0.784. The quantitative estimate of drug-likeness (QED) is 0.235. The second-order valence-electron chi connectivity index (χ2n) is 16.2. The largest absolute Gasteiger partial charge is 0.351 e. The predicted molar refractivity (Wildman–Crippen MR) is 170 cm³/mol. The summed E-state index contributed by atoms with van der Waals surface area (Å²) in [5, 5.41) is 13.4. The summed E-state index contributed by atoms with van der Waals surface area (Å²) < 4.78 is 0. The molecule has 42 heavy (non-hydrogen) atoms. The van der Waals surface area contributed by atoms with E-state index in [0.717, 1.165) is 69.8 Å². The van der Waals surface area contributed by atoms with Crippen LogP contribution in [0.1, 0.15) is 140 Å². The van der Waals surface area contributed by atoms with Crippen molar-refractivity contribution >= 4 is 17.5 Å². The number of ketones is 2. The van der Waals surface area contributed by atoms with Gasteiger partial charge in [-0.05, 0) is 99.9 Å². The zero-order valence-corrected chi connectivity index (χ0v) is 28.3. The lowest BCUT2D eigenvalue weighted by Gasteiger charge is -2.59. The van der Waals surface area contributed by atoms with Gasteiger partial charge in [-0.3, -0.25) is 14.4 Å². The van der Waals surface area contributed by atoms with E-state index in [1.165, 1.54) is 6.42 Å². The minimum absolute atomic E-state index is 0.00103. The SMILES string of the molecule is CCCC(C)(C)CC[C@@](C)(CCC(C)(C)[C@]1(C)CC[C@H]2[C@H](C)C(=O)C(C#N)=C[C@]2(C)/C1=C/C(C)=O)NC(=O)C1CCC1. The van der Waals surface area contributed by atoms with E-state index in [0.29, 0.717) is 0 Å². The van der Waals surface area contributed by atoms with Gasteiger partial charge in [-0.25, -0.2) is 0 Å². The molecule has 5 nitrogen and oxygen atoms in total. The lowest BCUT2D eigenvalue weighted by molar-refractivity contribution is -0.130. The number of carbonyl (C=O) groups excluding carboxylic acids is 3. The van der Waals surface area contributed by atoms with E-state index in [1.807, 2.05) is 19.1 Å². The van der Waals surface area contributed by atoms with Crippen LogP contribution in [0.25, 0.3) is 0 Å². The van der Waals surface area contributed by atoms with Crippen LogP contribution in [0.5, 0.6) is 0 Å². The van der Waals surface area contributed by atoms with Gasteiger partial charge >= 0.3 is 0 Å². The Hall–Kier alpha value is -2.22. The number of allylic oxidation sites excluding steroid dienone is 4. The maximum absolute atomic E-state index is 13.3. The van der Waals surface area contributed by atoms with E-state index >= 15 is 0 Å². The Labute approximate surface area is 256 Å². The minimum Gasteiger partial charge on any atom is -0.351 e. The van der Waals surface area contributed by atoms with Gasteiger partial charge in [0.15, 0.2) is 11.6 Å². The maximum Gasteiger partial charge on any atom is 0.223 e. The first-order valence-corrected chi connectivity index (χ1v) is 16.6. The van der Waals surface area contributed by atoms with E-state index in [1.54, 1.807) is 6.92 Å². The molecular weight excluding hydrogens is 520 g/mol. The molecule has 0 aromatic carbocycles. The van der Waals surface area contributed by atoms with Crippen LogP contribution in [-0.4, -0.2) is 23.0 Å². The summed E-state index contributed by atoms with van der Waals surface area (Å²) in [6.07, 6.45) is 14.6. The van der Waals surface area contributed by atoms with E-state index in [2.05, 4.69) is 66.8 Å². The molecule has 0 heterocycles. The third-order valence-electron chi connectivity index (χ3n) is 12.1. The molecule has 0 bridgehead atoms. The number of hydrogen-bond acceptors (Lipinski definition) is 4. The van der Waals surface area contributed by atoms with Crippen LogP contribution in [0.3, 0.4) is 0 Å². The molecule has 3 rings (SSSR count). The number of nitriles is 1. The summed E-state index contributed by atoms with van der Waals surface area (Å²) in [5.41, 5.74) is 0.134. The summed E-state index contributed by atoms with van der Waals surface area (Å²) in [6, 6.07) is 2.16. The number of nitrogens with zero attached hydrogens (tertiary/aromatic N) is 1. The molecule has 5 heteroatoms. The van der Waals surface area contributed by atoms with Crippen LogP contribution in [-0.2, 0) is 14.4 Å². The van der Waals surface area contributed by atoms with Crippen LogP contribution >= 0.6 is 0 Å². The molecule has 3 aliphatic rings. The van der Waals surface area contributed by atoms with Gasteiger partial charge in [0.05, 0.1) is 5.57 Å². The molecule has 0 radical (unpaired) electrons. The Morgan fingerprint density at radius 3 is 2.19 bits per heavy atom. The standard InChI is InChI=1S/C37H58N2O3/c1-11-16-33(4,5)18-20-35(8,39-32(42)27-13-12-14-27)21-19-34(6,7)37(10)17-15-29-26(3)31(41)28(24-38)23-36(29,9)30(37)22-25(2)40/h22-23,26-27,29H,11-21H2,1-10H3,(H,39,42)/b30-22-/t26-,29-,35-,36-,37+/m0/s1. The van der Waals surface area contributed by atoms with Gasteiger partial charge in [0, 0.05) is 22.8 Å². The van der Waals surface area contributed by atoms with Crippen molar-refractivity contribution in [2.24, 2.45) is 39.4 Å². The molecule has 0 saturated heterocycles. The van der Waals surface area contributed by atoms with Gasteiger partial charge < -0.3 is 5.32 Å². The summed E-state index contributed by atoms with van der Waals surface area (Å²) in [6.45, 7) is 21.8. The summed E-state index contributed by atoms with van der Waals surface area (Å²) in [5.74, 6) is 0.0888. The second kappa shape index (κ2) is 12.4. The molecule has 0 aliphatic heterocycles. The van der Waals surface area contributed by atoms with Crippen molar-refractivity contribution in [1.29, 1.82) is 5.26 Å².